The molecule has 1 aliphatic carbocycles. The number of carboxylic acid groups (broad SMARTS) is 1. The van der Waals surface area contributed by atoms with E-state index in [1.165, 1.54) is 19.2 Å². The molecule has 55 heavy (non-hydrogen) atoms. The Kier molecular flexibility index (Phi) is 9.64. The number of hydrogen-bond donors (Lipinski definition) is 2. The molecule has 286 valence electrons. The molecule has 1 unspecified atom stereocenters. The smallest absolute Gasteiger partial charge is 0.381 e. The van der Waals surface area contributed by atoms with Crippen molar-refractivity contribution >= 4 is 75.4 Å². The SMILES string of the molecule is COS(=O)CC1=CC(C)(C)C=c2c1cc1c([n+]2C)Oc2cc3c(cc2C=1c1ccc(C(=O)ON2C(=O)CCC2=O)cc1C(=O)O)C(CSO)=CC(C)(C)N3C. The monoisotopic (exact) mass is 786 g/mol. The summed E-state index contributed by atoms with van der Waals surface area (Å²) in [6.07, 6.45) is 6.02. The van der Waals surface area contributed by atoms with Crippen molar-refractivity contribution in [1.29, 1.82) is 0 Å². The number of hydroxylamine groups is 2. The van der Waals surface area contributed by atoms with Gasteiger partial charge in [-0.15, -0.1) is 5.06 Å². The Balaban J connectivity index is 1.53. The number of allylic oxidation sites excluding steroid dienone is 1. The van der Waals surface area contributed by atoms with Gasteiger partial charge in [-0.05, 0) is 72.9 Å². The maximum absolute atomic E-state index is 13.2. The number of carbonyl (C=O) groups is 4. The van der Waals surface area contributed by atoms with E-state index in [2.05, 4.69) is 30.9 Å². The predicted octanol–water partition coefficient (Wildman–Crippen LogP) is 4.11. The van der Waals surface area contributed by atoms with Crippen LogP contribution in [0.1, 0.15) is 83.5 Å². The average molecular weight is 787 g/mol. The lowest BCUT2D eigenvalue weighted by atomic mass is 9.82. The molecule has 4 heterocycles. The number of pyridine rings is 1. The van der Waals surface area contributed by atoms with Gasteiger partial charge in [0.05, 0.1) is 40.3 Å². The van der Waals surface area contributed by atoms with E-state index < -0.39 is 45.8 Å². The van der Waals surface area contributed by atoms with Crippen molar-refractivity contribution in [1.82, 2.24) is 5.06 Å². The van der Waals surface area contributed by atoms with Crippen molar-refractivity contribution in [2.24, 2.45) is 12.5 Å². The van der Waals surface area contributed by atoms with Crippen LogP contribution in [0.5, 0.6) is 11.6 Å². The third kappa shape index (κ3) is 6.68. The molecule has 4 aliphatic rings. The Morgan fingerprint density at radius 2 is 1.67 bits per heavy atom. The molecule has 0 radical (unpaired) electrons. The lowest BCUT2D eigenvalue weighted by molar-refractivity contribution is -0.689. The number of amides is 2. The van der Waals surface area contributed by atoms with E-state index in [1.807, 2.05) is 56.8 Å². The van der Waals surface area contributed by atoms with E-state index in [4.69, 9.17) is 13.8 Å². The van der Waals surface area contributed by atoms with Gasteiger partial charge in [0, 0.05) is 59.5 Å². The molecule has 1 atom stereocenters. The zero-order valence-corrected chi connectivity index (χ0v) is 33.0. The van der Waals surface area contributed by atoms with Crippen LogP contribution >= 0.6 is 12.0 Å². The highest BCUT2D eigenvalue weighted by atomic mass is 32.2. The van der Waals surface area contributed by atoms with Crippen LogP contribution in [-0.4, -0.2) is 73.9 Å². The Morgan fingerprint density at radius 1 is 0.964 bits per heavy atom. The zero-order valence-electron chi connectivity index (χ0n) is 31.3. The summed E-state index contributed by atoms with van der Waals surface area (Å²) in [7, 11) is 5.21. The van der Waals surface area contributed by atoms with Crippen LogP contribution < -0.4 is 24.8 Å². The highest BCUT2D eigenvalue weighted by Gasteiger charge is 2.38. The molecule has 2 N–H and O–H groups in total. The van der Waals surface area contributed by atoms with Crippen LogP contribution in [0.15, 0.2) is 48.6 Å². The number of carbonyl (C=O) groups excluding carboxylic acids is 3. The number of anilines is 1. The second-order valence-corrected chi connectivity index (χ2v) is 16.8. The zero-order chi connectivity index (χ0) is 39.7. The first kappa shape index (κ1) is 38.2. The number of carboxylic acids is 1. The summed E-state index contributed by atoms with van der Waals surface area (Å²) in [5.74, 6) is -2.45. The fourth-order valence-corrected chi connectivity index (χ4v) is 8.58. The highest BCUT2D eigenvalue weighted by molar-refractivity contribution is 7.94. The predicted molar refractivity (Wildman–Crippen MR) is 207 cm³/mol. The van der Waals surface area contributed by atoms with E-state index in [0.29, 0.717) is 50.8 Å². The van der Waals surface area contributed by atoms with Crippen molar-refractivity contribution in [3.05, 3.63) is 92.5 Å². The molecule has 1 saturated heterocycles. The molecule has 15 heteroatoms. The van der Waals surface area contributed by atoms with Gasteiger partial charge in [-0.1, -0.05) is 32.1 Å². The second kappa shape index (κ2) is 13.9. The summed E-state index contributed by atoms with van der Waals surface area (Å²) in [4.78, 5) is 58.0. The van der Waals surface area contributed by atoms with Crippen molar-refractivity contribution < 1.29 is 51.4 Å². The van der Waals surface area contributed by atoms with Crippen LogP contribution in [0.2, 0.25) is 0 Å². The molecule has 2 aromatic carbocycles. The Bertz CT molecular complexity index is 2450. The Labute approximate surface area is 324 Å². The van der Waals surface area contributed by atoms with E-state index in [1.54, 1.807) is 0 Å². The molecular formula is C40H40N3O10S2+. The number of hydrogen-bond acceptors (Lipinski definition) is 11. The first-order chi connectivity index (χ1) is 25.9. The quantitative estimate of drug-likeness (QED) is 0.142. The minimum atomic E-state index is -1.63. The summed E-state index contributed by atoms with van der Waals surface area (Å²) in [6.45, 7) is 8.22. The molecule has 3 aliphatic heterocycles. The lowest BCUT2D eigenvalue weighted by Crippen LogP contribution is -2.54. The average Bonchev–Trinajstić information content (AvgIpc) is 3.44. The van der Waals surface area contributed by atoms with Crippen LogP contribution in [0, 0.1) is 5.41 Å². The Hall–Kier alpha value is -5.09. The first-order valence-electron chi connectivity index (χ1n) is 17.4. The maximum Gasteiger partial charge on any atom is 0.381 e. The Morgan fingerprint density at radius 3 is 2.33 bits per heavy atom. The van der Waals surface area contributed by atoms with Gasteiger partial charge in [-0.2, -0.15) is 4.57 Å². The van der Waals surface area contributed by atoms with Crippen molar-refractivity contribution in [3.8, 4) is 11.6 Å². The third-order valence-electron chi connectivity index (χ3n) is 10.4. The van der Waals surface area contributed by atoms with Gasteiger partial charge in [0.2, 0.25) is 5.35 Å². The van der Waals surface area contributed by atoms with E-state index in [0.717, 1.165) is 39.4 Å². The van der Waals surface area contributed by atoms with Crippen LogP contribution in [0.4, 0.5) is 5.69 Å². The number of aromatic carboxylic acids is 1. The molecule has 0 bridgehead atoms. The largest absolute Gasteiger partial charge is 0.478 e. The second-order valence-electron chi connectivity index (χ2n) is 15.0. The van der Waals surface area contributed by atoms with Crippen LogP contribution in [0.3, 0.4) is 0 Å². The third-order valence-corrected chi connectivity index (χ3v) is 11.8. The fraction of sp³-hybridized carbons (Fsp3) is 0.325. The van der Waals surface area contributed by atoms with Gasteiger partial charge in [-0.3, -0.25) is 13.8 Å². The topological polar surface area (TPSA) is 164 Å². The normalized spacial score (nSPS) is 18.2. The number of imide groups is 1. The molecule has 0 saturated carbocycles. The molecule has 13 nitrogen and oxygen atoms in total. The van der Waals surface area contributed by atoms with Gasteiger partial charge in [0.15, 0.2) is 11.1 Å². The number of likely N-dealkylation sites (N-methyl/N-ethyl adjacent to an activating group) is 1. The highest BCUT2D eigenvalue weighted by Crippen LogP contribution is 2.46. The standard InChI is InChI=1S/C40H39N3O10S2/c1-39(2)16-23(20-55(50)51-7)26-14-29-35(24-9-8-21(12-27(24)37(46)47)38(48)53-43-33(44)10-11-34(43)45)28-13-25-22(19-54-49)17-40(3,4)42(6)30(25)15-32(28)52-36(29)41(5)31(26)18-39/h8-9,12-18H,10-11,19-20H2,1-7H3,(H-,46,47,49)/p+1. The minimum absolute atomic E-state index is 0.0931. The van der Waals surface area contributed by atoms with Gasteiger partial charge in [0.25, 0.3) is 11.8 Å². The van der Waals surface area contributed by atoms with E-state index in [9.17, 15) is 33.0 Å². The summed E-state index contributed by atoms with van der Waals surface area (Å²) in [5.41, 5.74) is 4.11. The molecule has 0 spiro atoms. The fourth-order valence-electron chi connectivity index (χ4n) is 7.59. The number of fused-ring (bicyclic) bond motifs is 4. The van der Waals surface area contributed by atoms with E-state index in [-0.39, 0.29) is 35.3 Å². The van der Waals surface area contributed by atoms with Crippen molar-refractivity contribution in [3.63, 3.8) is 0 Å². The lowest BCUT2D eigenvalue weighted by Gasteiger charge is -2.41. The number of rotatable bonds is 9. The first-order valence-corrected chi connectivity index (χ1v) is 19.6. The molecule has 7 rings (SSSR count). The van der Waals surface area contributed by atoms with Gasteiger partial charge in [0.1, 0.15) is 12.8 Å². The van der Waals surface area contributed by atoms with Crippen molar-refractivity contribution in [2.75, 3.05) is 30.6 Å². The summed E-state index contributed by atoms with van der Waals surface area (Å²) in [6, 6.07) is 9.81. The number of aromatic nitrogens is 1. The van der Waals surface area contributed by atoms with Gasteiger partial charge >= 0.3 is 17.8 Å². The molecule has 3 aromatic rings. The number of benzene rings is 2. The van der Waals surface area contributed by atoms with Crippen molar-refractivity contribution in [2.45, 2.75) is 46.1 Å². The summed E-state index contributed by atoms with van der Waals surface area (Å²) in [5, 5.41) is 12.5. The maximum atomic E-state index is 13.2. The molecule has 2 amide bonds. The number of ether oxygens (including phenoxy) is 1. The minimum Gasteiger partial charge on any atom is -0.478 e. The van der Waals surface area contributed by atoms with Crippen LogP contribution in [0.25, 0.3) is 22.8 Å². The molecule has 1 fully saturated rings. The molecular weight excluding hydrogens is 747 g/mol. The molecule has 1 aromatic heterocycles. The van der Waals surface area contributed by atoms with Gasteiger partial charge < -0.3 is 24.1 Å². The van der Waals surface area contributed by atoms with Gasteiger partial charge in [-0.25, -0.2) is 13.8 Å². The van der Waals surface area contributed by atoms with Crippen LogP contribution in [-0.2, 0) is 36.7 Å². The van der Waals surface area contributed by atoms with E-state index >= 15 is 0 Å². The summed E-state index contributed by atoms with van der Waals surface area (Å²) >= 11 is -0.923. The summed E-state index contributed by atoms with van der Waals surface area (Å²) < 4.78 is 36.6. The number of nitrogens with zero attached hydrogens (tertiary/aromatic N) is 3.